The Morgan fingerprint density at radius 2 is 2.04 bits per heavy atom. The Hall–Kier alpha value is -1.80. The topological polar surface area (TPSA) is 67.2 Å². The van der Waals surface area contributed by atoms with E-state index >= 15 is 0 Å². The number of aryl methyl sites for hydroxylation is 1. The highest BCUT2D eigenvalue weighted by Crippen LogP contribution is 2.28. The van der Waals surface area contributed by atoms with E-state index in [1.165, 1.54) is 24.2 Å². The third kappa shape index (κ3) is 3.53. The predicted molar refractivity (Wildman–Crippen MR) is 100 cm³/mol. The van der Waals surface area contributed by atoms with Crippen molar-refractivity contribution in [3.63, 3.8) is 0 Å². The number of piperidine rings is 1. The van der Waals surface area contributed by atoms with Crippen molar-refractivity contribution in [1.29, 1.82) is 0 Å². The summed E-state index contributed by atoms with van der Waals surface area (Å²) in [6, 6.07) is 0. The Kier molecular flexibility index (Phi) is 5.04. The van der Waals surface area contributed by atoms with Gasteiger partial charge in [0.1, 0.15) is 16.5 Å². The van der Waals surface area contributed by atoms with E-state index in [4.69, 9.17) is 0 Å². The molecule has 2 aromatic rings. The summed E-state index contributed by atoms with van der Waals surface area (Å²) < 4.78 is 2.15. The molecule has 2 aliphatic rings. The largest absolute Gasteiger partial charge is 0.337 e. The second-order valence-corrected chi connectivity index (χ2v) is 8.59. The molecule has 0 unspecified atom stereocenters. The lowest BCUT2D eigenvalue weighted by Gasteiger charge is -2.32. The number of carbonyl (C=O) groups excluding carboxylic acids is 1. The van der Waals surface area contributed by atoms with Gasteiger partial charge in [-0.25, -0.2) is 4.98 Å². The van der Waals surface area contributed by atoms with Crippen LogP contribution in [0.15, 0.2) is 6.20 Å². The van der Waals surface area contributed by atoms with Gasteiger partial charge in [0.05, 0.1) is 17.7 Å². The maximum Gasteiger partial charge on any atom is 0.265 e. The van der Waals surface area contributed by atoms with Crippen LogP contribution in [0.1, 0.15) is 57.9 Å². The van der Waals surface area contributed by atoms with Crippen molar-refractivity contribution in [1.82, 2.24) is 29.5 Å². The molecule has 0 spiro atoms. The van der Waals surface area contributed by atoms with Crippen molar-refractivity contribution in [3.8, 4) is 0 Å². The van der Waals surface area contributed by atoms with E-state index in [1.54, 1.807) is 6.20 Å². The molecule has 1 atom stereocenters. The number of rotatable bonds is 4. The summed E-state index contributed by atoms with van der Waals surface area (Å²) in [5, 5.41) is 9.87. The fraction of sp³-hybridized carbons (Fsp3) is 0.667. The van der Waals surface area contributed by atoms with Crippen molar-refractivity contribution < 1.29 is 4.79 Å². The van der Waals surface area contributed by atoms with Gasteiger partial charge in [0.2, 0.25) is 0 Å². The van der Waals surface area contributed by atoms with Crippen molar-refractivity contribution >= 4 is 17.2 Å². The van der Waals surface area contributed by atoms with Gasteiger partial charge in [0.25, 0.3) is 5.91 Å². The minimum Gasteiger partial charge on any atom is -0.337 e. The number of thiazole rings is 1. The highest BCUT2D eigenvalue weighted by atomic mass is 32.1. The summed E-state index contributed by atoms with van der Waals surface area (Å²) in [7, 11) is 2.06. The number of amides is 1. The van der Waals surface area contributed by atoms with Gasteiger partial charge in [-0.05, 0) is 45.7 Å². The molecule has 8 heteroatoms. The Balaban J connectivity index is 1.46. The van der Waals surface area contributed by atoms with Crippen LogP contribution in [-0.2, 0) is 13.6 Å². The number of aromatic nitrogens is 4. The summed E-state index contributed by atoms with van der Waals surface area (Å²) in [4.78, 5) is 22.1. The van der Waals surface area contributed by atoms with Crippen LogP contribution in [0.2, 0.25) is 0 Å². The monoisotopic (exact) mass is 374 g/mol. The normalized spacial score (nSPS) is 21.5. The van der Waals surface area contributed by atoms with Crippen LogP contribution in [0.5, 0.6) is 0 Å². The molecule has 0 saturated carbocycles. The summed E-state index contributed by atoms with van der Waals surface area (Å²) in [5.74, 6) is 2.40. The van der Waals surface area contributed by atoms with Crippen molar-refractivity contribution in [2.24, 2.45) is 7.05 Å². The van der Waals surface area contributed by atoms with Gasteiger partial charge in [-0.15, -0.1) is 21.5 Å². The zero-order chi connectivity index (χ0) is 18.1. The van der Waals surface area contributed by atoms with E-state index in [0.717, 1.165) is 60.6 Å². The van der Waals surface area contributed by atoms with Gasteiger partial charge in [0.15, 0.2) is 0 Å². The van der Waals surface area contributed by atoms with Gasteiger partial charge in [-0.2, -0.15) is 0 Å². The van der Waals surface area contributed by atoms with Gasteiger partial charge >= 0.3 is 0 Å². The molecule has 1 amide bonds. The molecule has 0 aliphatic carbocycles. The lowest BCUT2D eigenvalue weighted by molar-refractivity contribution is 0.0708. The summed E-state index contributed by atoms with van der Waals surface area (Å²) in [6.45, 7) is 6.64. The lowest BCUT2D eigenvalue weighted by Crippen LogP contribution is -2.39. The van der Waals surface area contributed by atoms with Crippen LogP contribution in [0, 0.1) is 6.92 Å². The molecule has 140 valence electrons. The molecule has 7 nitrogen and oxygen atoms in total. The molecular weight excluding hydrogens is 348 g/mol. The summed E-state index contributed by atoms with van der Waals surface area (Å²) in [5.41, 5.74) is 0. The Morgan fingerprint density at radius 3 is 2.77 bits per heavy atom. The maximum absolute atomic E-state index is 12.8. The molecule has 0 aromatic carbocycles. The molecule has 2 saturated heterocycles. The van der Waals surface area contributed by atoms with Crippen LogP contribution in [0.25, 0.3) is 0 Å². The number of hydrogen-bond donors (Lipinski definition) is 0. The van der Waals surface area contributed by atoms with Crippen molar-refractivity contribution in [2.75, 3.05) is 26.2 Å². The third-order valence-electron chi connectivity index (χ3n) is 5.47. The smallest absolute Gasteiger partial charge is 0.265 e. The number of hydrogen-bond acceptors (Lipinski definition) is 6. The van der Waals surface area contributed by atoms with E-state index < -0.39 is 0 Å². The Bertz CT molecular complexity index is 778. The average Bonchev–Trinajstić information content (AvgIpc) is 3.38. The zero-order valence-corrected chi connectivity index (χ0v) is 16.3. The standard InChI is InChI=1S/C18H26N6OS/c1-13-19-10-15(26-13)18(25)24-9-5-6-14(11-24)17-21-20-16(22(17)2)12-23-7-3-4-8-23/h10,14H,3-9,11-12H2,1-2H3/t14-/m1/s1. The van der Waals surface area contributed by atoms with E-state index in [1.807, 2.05) is 11.8 Å². The van der Waals surface area contributed by atoms with E-state index in [-0.39, 0.29) is 11.8 Å². The van der Waals surface area contributed by atoms with Crippen molar-refractivity contribution in [2.45, 2.75) is 45.1 Å². The highest BCUT2D eigenvalue weighted by molar-refractivity contribution is 7.13. The molecule has 0 N–H and O–H groups in total. The lowest BCUT2D eigenvalue weighted by atomic mass is 9.97. The fourth-order valence-electron chi connectivity index (χ4n) is 4.00. The summed E-state index contributed by atoms with van der Waals surface area (Å²) in [6.07, 6.45) is 6.31. The zero-order valence-electron chi connectivity index (χ0n) is 15.5. The second-order valence-electron chi connectivity index (χ2n) is 7.35. The van der Waals surface area contributed by atoms with Crippen molar-refractivity contribution in [3.05, 3.63) is 27.7 Å². The first kappa shape index (κ1) is 17.6. The van der Waals surface area contributed by atoms with Crippen LogP contribution in [0.3, 0.4) is 0 Å². The molecule has 2 fully saturated rings. The molecule has 4 rings (SSSR count). The van der Waals surface area contributed by atoms with Crippen LogP contribution in [0.4, 0.5) is 0 Å². The number of likely N-dealkylation sites (tertiary alicyclic amines) is 2. The number of carbonyl (C=O) groups is 1. The fourth-order valence-corrected chi connectivity index (χ4v) is 4.74. The molecule has 4 heterocycles. The minimum absolute atomic E-state index is 0.0970. The average molecular weight is 375 g/mol. The van der Waals surface area contributed by atoms with Gasteiger partial charge in [0, 0.05) is 26.1 Å². The molecule has 0 bridgehead atoms. The molecular formula is C18H26N6OS. The maximum atomic E-state index is 12.8. The Labute approximate surface area is 158 Å². The third-order valence-corrected chi connectivity index (χ3v) is 6.37. The van der Waals surface area contributed by atoms with Crippen LogP contribution in [-0.4, -0.2) is 61.6 Å². The first-order valence-corrected chi connectivity index (χ1v) is 10.3. The molecule has 2 aromatic heterocycles. The van der Waals surface area contributed by atoms with Gasteiger partial charge in [-0.1, -0.05) is 0 Å². The van der Waals surface area contributed by atoms with Crippen LogP contribution < -0.4 is 0 Å². The van der Waals surface area contributed by atoms with E-state index in [0.29, 0.717) is 6.54 Å². The first-order chi connectivity index (χ1) is 12.6. The second kappa shape index (κ2) is 7.44. The molecule has 0 radical (unpaired) electrons. The van der Waals surface area contributed by atoms with E-state index in [9.17, 15) is 4.79 Å². The number of nitrogens with zero attached hydrogens (tertiary/aromatic N) is 6. The van der Waals surface area contributed by atoms with Gasteiger partial charge in [-0.3, -0.25) is 9.69 Å². The summed E-state index contributed by atoms with van der Waals surface area (Å²) >= 11 is 1.47. The van der Waals surface area contributed by atoms with Gasteiger partial charge < -0.3 is 9.47 Å². The first-order valence-electron chi connectivity index (χ1n) is 9.44. The Morgan fingerprint density at radius 1 is 1.23 bits per heavy atom. The molecule has 26 heavy (non-hydrogen) atoms. The highest BCUT2D eigenvalue weighted by Gasteiger charge is 2.30. The minimum atomic E-state index is 0.0970. The van der Waals surface area contributed by atoms with Crippen LogP contribution >= 0.6 is 11.3 Å². The quantitative estimate of drug-likeness (QED) is 0.821. The van der Waals surface area contributed by atoms with E-state index in [2.05, 4.69) is 31.7 Å². The SMILES string of the molecule is Cc1ncc(C(=O)N2CCC[C@@H](c3nnc(CN4CCCC4)n3C)C2)s1. The predicted octanol–water partition coefficient (Wildman–Crippen LogP) is 2.20. The molecule has 2 aliphatic heterocycles.